The molecule has 0 aliphatic heterocycles. The molecule has 0 unspecified atom stereocenters. The van der Waals surface area contributed by atoms with Crippen LogP contribution in [0.1, 0.15) is 0 Å². The third-order valence-corrected chi connectivity index (χ3v) is 2.56. The normalized spacial score (nSPS) is 10.1. The van der Waals surface area contributed by atoms with Crippen LogP contribution in [0, 0.1) is 5.82 Å². The van der Waals surface area contributed by atoms with Crippen molar-refractivity contribution in [3.8, 4) is 22.6 Å². The van der Waals surface area contributed by atoms with Crippen molar-refractivity contribution in [1.82, 2.24) is 0 Å². The van der Waals surface area contributed by atoms with Gasteiger partial charge in [0.1, 0.15) is 17.3 Å². The molecule has 2 nitrogen and oxygen atoms in total. The molecule has 3 heteroatoms. The zero-order valence-electron chi connectivity index (χ0n) is 9.74. The topological polar surface area (TPSA) is 18.5 Å². The minimum absolute atomic E-state index is 0.308. The van der Waals surface area contributed by atoms with Crippen molar-refractivity contribution in [2.45, 2.75) is 0 Å². The van der Waals surface area contributed by atoms with Crippen LogP contribution in [0.25, 0.3) is 11.1 Å². The van der Waals surface area contributed by atoms with Crippen LogP contribution in [-0.2, 0) is 0 Å². The van der Waals surface area contributed by atoms with Crippen LogP contribution >= 0.6 is 0 Å². The maximum absolute atomic E-state index is 13.8. The van der Waals surface area contributed by atoms with Gasteiger partial charge in [-0.2, -0.15) is 0 Å². The Hall–Kier alpha value is -2.03. The first-order valence-corrected chi connectivity index (χ1v) is 5.22. The van der Waals surface area contributed by atoms with Gasteiger partial charge in [0.05, 0.1) is 14.2 Å². The van der Waals surface area contributed by atoms with E-state index in [1.165, 1.54) is 13.2 Å². The van der Waals surface area contributed by atoms with Crippen LogP contribution in [-0.4, -0.2) is 14.2 Å². The van der Waals surface area contributed by atoms with E-state index in [0.717, 1.165) is 5.56 Å². The lowest BCUT2D eigenvalue weighted by atomic mass is 10.0. The molecule has 0 saturated heterocycles. The average Bonchev–Trinajstić information content (AvgIpc) is 2.38. The fourth-order valence-corrected chi connectivity index (χ4v) is 1.65. The van der Waals surface area contributed by atoms with Gasteiger partial charge < -0.3 is 9.47 Å². The van der Waals surface area contributed by atoms with Gasteiger partial charge in [0.25, 0.3) is 0 Å². The van der Waals surface area contributed by atoms with Crippen molar-refractivity contribution in [2.24, 2.45) is 0 Å². The zero-order chi connectivity index (χ0) is 12.3. The number of halogens is 1. The Morgan fingerprint density at radius 2 is 1.59 bits per heavy atom. The number of benzene rings is 2. The molecule has 0 bridgehead atoms. The Morgan fingerprint density at radius 1 is 0.882 bits per heavy atom. The quantitative estimate of drug-likeness (QED) is 0.806. The summed E-state index contributed by atoms with van der Waals surface area (Å²) in [5, 5.41) is 0. The maximum atomic E-state index is 13.8. The first kappa shape index (κ1) is 11.5. The van der Waals surface area contributed by atoms with Crippen molar-refractivity contribution in [1.29, 1.82) is 0 Å². The van der Waals surface area contributed by atoms with E-state index in [4.69, 9.17) is 9.47 Å². The van der Waals surface area contributed by atoms with Gasteiger partial charge in [-0.25, -0.2) is 4.39 Å². The van der Waals surface area contributed by atoms with Crippen LogP contribution in [0.15, 0.2) is 42.5 Å². The highest BCUT2D eigenvalue weighted by Gasteiger charge is 2.07. The number of hydrogen-bond acceptors (Lipinski definition) is 2. The third kappa shape index (κ3) is 2.38. The molecule has 0 fully saturated rings. The SMILES string of the molecule is COc1cccc(-c2ccc(OC)cc2F)c1. The Labute approximate surface area is 99.6 Å². The van der Waals surface area contributed by atoms with E-state index in [0.29, 0.717) is 17.1 Å². The second-order valence-corrected chi connectivity index (χ2v) is 3.58. The van der Waals surface area contributed by atoms with Crippen LogP contribution < -0.4 is 9.47 Å². The minimum Gasteiger partial charge on any atom is -0.497 e. The minimum atomic E-state index is -0.308. The molecular formula is C14H13FO2. The Balaban J connectivity index is 2.45. The highest BCUT2D eigenvalue weighted by atomic mass is 19.1. The van der Waals surface area contributed by atoms with E-state index < -0.39 is 0 Å². The predicted molar refractivity (Wildman–Crippen MR) is 64.9 cm³/mol. The van der Waals surface area contributed by atoms with Gasteiger partial charge in [0.15, 0.2) is 0 Å². The second-order valence-electron chi connectivity index (χ2n) is 3.58. The predicted octanol–water partition coefficient (Wildman–Crippen LogP) is 3.51. The summed E-state index contributed by atoms with van der Waals surface area (Å²) in [6.45, 7) is 0. The highest BCUT2D eigenvalue weighted by molar-refractivity contribution is 5.66. The van der Waals surface area contributed by atoms with Gasteiger partial charge in [0, 0.05) is 11.6 Å². The van der Waals surface area contributed by atoms with Gasteiger partial charge in [-0.3, -0.25) is 0 Å². The molecule has 0 aliphatic rings. The first-order chi connectivity index (χ1) is 8.24. The van der Waals surface area contributed by atoms with Gasteiger partial charge in [-0.15, -0.1) is 0 Å². The number of rotatable bonds is 3. The van der Waals surface area contributed by atoms with Crippen LogP contribution in [0.2, 0.25) is 0 Å². The van der Waals surface area contributed by atoms with Gasteiger partial charge >= 0.3 is 0 Å². The first-order valence-electron chi connectivity index (χ1n) is 5.22. The third-order valence-electron chi connectivity index (χ3n) is 2.56. The Morgan fingerprint density at radius 3 is 2.24 bits per heavy atom. The van der Waals surface area contributed by atoms with Crippen molar-refractivity contribution >= 4 is 0 Å². The van der Waals surface area contributed by atoms with E-state index in [2.05, 4.69) is 0 Å². The molecule has 2 aromatic rings. The molecule has 17 heavy (non-hydrogen) atoms. The Bertz CT molecular complexity index is 523. The van der Waals surface area contributed by atoms with E-state index in [-0.39, 0.29) is 5.82 Å². The van der Waals surface area contributed by atoms with Crippen LogP contribution in [0.3, 0.4) is 0 Å². The fraction of sp³-hybridized carbons (Fsp3) is 0.143. The molecule has 0 radical (unpaired) electrons. The Kier molecular flexibility index (Phi) is 3.28. The summed E-state index contributed by atoms with van der Waals surface area (Å²) in [6.07, 6.45) is 0. The van der Waals surface area contributed by atoms with Crippen LogP contribution in [0.5, 0.6) is 11.5 Å². The molecule has 0 heterocycles. The summed E-state index contributed by atoms with van der Waals surface area (Å²) < 4.78 is 23.9. The molecule has 0 atom stereocenters. The fourth-order valence-electron chi connectivity index (χ4n) is 1.65. The van der Waals surface area contributed by atoms with E-state index in [1.807, 2.05) is 18.2 Å². The lowest BCUT2D eigenvalue weighted by molar-refractivity contribution is 0.411. The van der Waals surface area contributed by atoms with Crippen LogP contribution in [0.4, 0.5) is 4.39 Å². The summed E-state index contributed by atoms with van der Waals surface area (Å²) >= 11 is 0. The zero-order valence-corrected chi connectivity index (χ0v) is 9.74. The van der Waals surface area contributed by atoms with Crippen molar-refractivity contribution in [3.05, 3.63) is 48.3 Å². The highest BCUT2D eigenvalue weighted by Crippen LogP contribution is 2.28. The van der Waals surface area contributed by atoms with Gasteiger partial charge in [-0.05, 0) is 29.8 Å². The van der Waals surface area contributed by atoms with Crippen molar-refractivity contribution < 1.29 is 13.9 Å². The number of methoxy groups -OCH3 is 2. The van der Waals surface area contributed by atoms with E-state index >= 15 is 0 Å². The summed E-state index contributed by atoms with van der Waals surface area (Å²) in [4.78, 5) is 0. The molecule has 0 N–H and O–H groups in total. The largest absolute Gasteiger partial charge is 0.497 e. The molecular weight excluding hydrogens is 219 g/mol. The number of hydrogen-bond donors (Lipinski definition) is 0. The summed E-state index contributed by atoms with van der Waals surface area (Å²) in [6, 6.07) is 12.1. The average molecular weight is 232 g/mol. The van der Waals surface area contributed by atoms with Crippen molar-refractivity contribution in [3.63, 3.8) is 0 Å². The molecule has 0 aliphatic carbocycles. The van der Waals surface area contributed by atoms with E-state index in [1.54, 1.807) is 25.3 Å². The van der Waals surface area contributed by atoms with Gasteiger partial charge in [-0.1, -0.05) is 12.1 Å². The smallest absolute Gasteiger partial charge is 0.134 e. The van der Waals surface area contributed by atoms with E-state index in [9.17, 15) is 4.39 Å². The van der Waals surface area contributed by atoms with Crippen molar-refractivity contribution in [2.75, 3.05) is 14.2 Å². The lowest BCUT2D eigenvalue weighted by Crippen LogP contribution is -1.89. The second kappa shape index (κ2) is 4.87. The molecule has 2 rings (SSSR count). The summed E-state index contributed by atoms with van der Waals surface area (Å²) in [5.74, 6) is 0.907. The van der Waals surface area contributed by atoms with Gasteiger partial charge in [0.2, 0.25) is 0 Å². The maximum Gasteiger partial charge on any atom is 0.134 e. The standard InChI is InChI=1S/C14H13FO2/c1-16-11-5-3-4-10(8-11)13-7-6-12(17-2)9-14(13)15/h3-9H,1-2H3. The molecule has 0 saturated carbocycles. The lowest BCUT2D eigenvalue weighted by Gasteiger charge is -2.07. The molecule has 88 valence electrons. The number of ether oxygens (including phenoxy) is 2. The molecule has 2 aromatic carbocycles. The molecule has 0 amide bonds. The molecule has 0 spiro atoms. The monoisotopic (exact) mass is 232 g/mol. The molecule has 0 aromatic heterocycles. The summed E-state index contributed by atoms with van der Waals surface area (Å²) in [5.41, 5.74) is 1.31. The summed E-state index contributed by atoms with van der Waals surface area (Å²) in [7, 11) is 3.10.